The molecule has 0 radical (unpaired) electrons. The number of sulfonamides is 1. The first-order valence-corrected chi connectivity index (χ1v) is 8.22. The number of nitrogens with two attached hydrogens (primary N) is 1. The van der Waals surface area contributed by atoms with Crippen LogP contribution in [0.2, 0.25) is 0 Å². The van der Waals surface area contributed by atoms with Crippen molar-refractivity contribution in [1.29, 1.82) is 0 Å². The van der Waals surface area contributed by atoms with E-state index in [0.717, 1.165) is 0 Å². The number of hydrazine groups is 1. The SMILES string of the molecule is CC(CNS(=O)(=O)c1ncccc1NN)S(C)=O. The lowest BCUT2D eigenvalue weighted by Gasteiger charge is -2.12. The van der Waals surface area contributed by atoms with E-state index in [1.54, 1.807) is 13.0 Å². The summed E-state index contributed by atoms with van der Waals surface area (Å²) in [6.45, 7) is 1.77. The van der Waals surface area contributed by atoms with E-state index in [1.807, 2.05) is 0 Å². The van der Waals surface area contributed by atoms with Crippen LogP contribution in [0.5, 0.6) is 0 Å². The maximum atomic E-state index is 12.0. The molecule has 1 aromatic rings. The molecule has 2 unspecified atom stereocenters. The molecular weight excluding hydrogens is 276 g/mol. The highest BCUT2D eigenvalue weighted by Gasteiger charge is 2.20. The number of nitrogen functional groups attached to an aromatic ring is 1. The fourth-order valence-corrected chi connectivity index (χ4v) is 2.77. The Bertz CT molecular complexity index is 532. The van der Waals surface area contributed by atoms with Crippen molar-refractivity contribution in [2.75, 3.05) is 18.2 Å². The van der Waals surface area contributed by atoms with Gasteiger partial charge in [-0.3, -0.25) is 10.1 Å². The first kappa shape index (κ1) is 15.0. The molecule has 1 heterocycles. The zero-order chi connectivity index (χ0) is 13.8. The van der Waals surface area contributed by atoms with Crippen molar-refractivity contribution in [2.24, 2.45) is 5.84 Å². The van der Waals surface area contributed by atoms with Gasteiger partial charge in [-0.2, -0.15) is 0 Å². The fraction of sp³-hybridized carbons (Fsp3) is 0.444. The maximum absolute atomic E-state index is 12.0. The van der Waals surface area contributed by atoms with Gasteiger partial charge < -0.3 is 5.43 Å². The summed E-state index contributed by atoms with van der Waals surface area (Å²) < 4.78 is 37.4. The monoisotopic (exact) mass is 292 g/mol. The van der Waals surface area contributed by atoms with Crippen LogP contribution in [0.1, 0.15) is 6.92 Å². The van der Waals surface area contributed by atoms with Gasteiger partial charge in [0.1, 0.15) is 0 Å². The summed E-state index contributed by atoms with van der Waals surface area (Å²) >= 11 is 0. The molecule has 0 spiro atoms. The molecule has 0 saturated heterocycles. The van der Waals surface area contributed by atoms with Crippen molar-refractivity contribution in [3.63, 3.8) is 0 Å². The van der Waals surface area contributed by atoms with E-state index in [-0.39, 0.29) is 22.5 Å². The predicted molar refractivity (Wildman–Crippen MR) is 70.8 cm³/mol. The van der Waals surface area contributed by atoms with Crippen molar-refractivity contribution in [2.45, 2.75) is 17.2 Å². The van der Waals surface area contributed by atoms with Crippen molar-refractivity contribution < 1.29 is 12.6 Å². The van der Waals surface area contributed by atoms with Gasteiger partial charge in [-0.1, -0.05) is 0 Å². The van der Waals surface area contributed by atoms with E-state index in [4.69, 9.17) is 5.84 Å². The normalized spacial score (nSPS) is 15.1. The van der Waals surface area contributed by atoms with Crippen LogP contribution in [-0.2, 0) is 20.8 Å². The van der Waals surface area contributed by atoms with Gasteiger partial charge >= 0.3 is 0 Å². The molecule has 0 aliphatic rings. The van der Waals surface area contributed by atoms with Crippen molar-refractivity contribution >= 4 is 26.5 Å². The summed E-state index contributed by atoms with van der Waals surface area (Å²) in [5.74, 6) is 5.22. The number of nitrogens with zero attached hydrogens (tertiary/aromatic N) is 1. The third-order valence-corrected chi connectivity index (χ3v) is 4.99. The zero-order valence-electron chi connectivity index (χ0n) is 10.1. The lowest BCUT2D eigenvalue weighted by Crippen LogP contribution is -2.33. The average Bonchev–Trinajstić information content (AvgIpc) is 2.35. The number of hydrogen-bond acceptors (Lipinski definition) is 6. The van der Waals surface area contributed by atoms with Gasteiger partial charge in [0.15, 0.2) is 5.03 Å². The second-order valence-electron chi connectivity index (χ2n) is 3.66. The number of hydrogen-bond donors (Lipinski definition) is 3. The van der Waals surface area contributed by atoms with Crippen LogP contribution in [0.15, 0.2) is 23.4 Å². The third-order valence-electron chi connectivity index (χ3n) is 2.31. The Hall–Kier alpha value is -1.03. The van der Waals surface area contributed by atoms with E-state index in [2.05, 4.69) is 15.1 Å². The van der Waals surface area contributed by atoms with Crippen LogP contribution in [0.4, 0.5) is 5.69 Å². The Labute approximate surface area is 109 Å². The van der Waals surface area contributed by atoms with E-state index in [0.29, 0.717) is 0 Å². The summed E-state index contributed by atoms with van der Waals surface area (Å²) in [5.41, 5.74) is 2.47. The topological polar surface area (TPSA) is 114 Å². The van der Waals surface area contributed by atoms with Gasteiger partial charge in [0.2, 0.25) is 0 Å². The molecule has 7 nitrogen and oxygen atoms in total. The van der Waals surface area contributed by atoms with Crippen molar-refractivity contribution in [1.82, 2.24) is 9.71 Å². The summed E-state index contributed by atoms with van der Waals surface area (Å²) in [6, 6.07) is 3.07. The second-order valence-corrected chi connectivity index (χ2v) is 7.15. The average molecular weight is 292 g/mol. The minimum Gasteiger partial charge on any atom is -0.321 e. The lowest BCUT2D eigenvalue weighted by molar-refractivity contribution is 0.577. The lowest BCUT2D eigenvalue weighted by atomic mass is 10.4. The molecule has 4 N–H and O–H groups in total. The number of rotatable bonds is 6. The van der Waals surface area contributed by atoms with Crippen molar-refractivity contribution in [3.8, 4) is 0 Å². The largest absolute Gasteiger partial charge is 0.321 e. The van der Waals surface area contributed by atoms with Crippen LogP contribution < -0.4 is 16.0 Å². The molecule has 0 aromatic carbocycles. The highest BCUT2D eigenvalue weighted by atomic mass is 32.2. The number of nitrogens with one attached hydrogen (secondary N) is 2. The fourth-order valence-electron chi connectivity index (χ4n) is 1.13. The molecule has 1 aromatic heterocycles. The highest BCUT2D eigenvalue weighted by Crippen LogP contribution is 2.16. The van der Waals surface area contributed by atoms with Crippen LogP contribution in [0.25, 0.3) is 0 Å². The Morgan fingerprint density at radius 2 is 2.22 bits per heavy atom. The second kappa shape index (κ2) is 6.23. The summed E-state index contributed by atoms with van der Waals surface area (Å²) in [7, 11) is -4.87. The van der Waals surface area contributed by atoms with E-state index in [1.165, 1.54) is 18.5 Å². The molecule has 0 bridgehead atoms. The van der Waals surface area contributed by atoms with Gasteiger partial charge in [-0.15, -0.1) is 0 Å². The molecule has 2 atom stereocenters. The molecule has 9 heteroatoms. The Balaban J connectivity index is 2.90. The molecule has 0 amide bonds. The Morgan fingerprint density at radius 3 is 2.78 bits per heavy atom. The number of pyridine rings is 1. The van der Waals surface area contributed by atoms with Gasteiger partial charge in [-0.05, 0) is 19.1 Å². The first-order valence-electron chi connectivity index (χ1n) is 5.12. The quantitative estimate of drug-likeness (QED) is 0.477. The molecular formula is C9H16N4O3S2. The van der Waals surface area contributed by atoms with Gasteiger partial charge in [-0.25, -0.2) is 18.1 Å². The zero-order valence-corrected chi connectivity index (χ0v) is 11.7. The van der Waals surface area contributed by atoms with Gasteiger partial charge in [0.05, 0.1) is 5.69 Å². The maximum Gasteiger partial charge on any atom is 0.260 e. The molecule has 0 fully saturated rings. The molecule has 102 valence electrons. The third kappa shape index (κ3) is 3.73. The predicted octanol–water partition coefficient (Wildman–Crippen LogP) is -0.587. The summed E-state index contributed by atoms with van der Waals surface area (Å²) in [4.78, 5) is 3.78. The summed E-state index contributed by atoms with van der Waals surface area (Å²) in [6.07, 6.45) is 2.88. The number of anilines is 1. The minimum atomic E-state index is -3.77. The smallest absolute Gasteiger partial charge is 0.260 e. The van der Waals surface area contributed by atoms with Crippen molar-refractivity contribution in [3.05, 3.63) is 18.3 Å². The van der Waals surface area contributed by atoms with Crippen LogP contribution in [0, 0.1) is 0 Å². The molecule has 0 aliphatic carbocycles. The van der Waals surface area contributed by atoms with Gasteiger partial charge in [0.25, 0.3) is 10.0 Å². The number of aromatic nitrogens is 1. The molecule has 18 heavy (non-hydrogen) atoms. The molecule has 0 saturated carbocycles. The van der Waals surface area contributed by atoms with Crippen LogP contribution in [-0.4, -0.2) is 35.7 Å². The summed E-state index contributed by atoms with van der Waals surface area (Å²) in [5, 5.41) is -0.459. The van der Waals surface area contributed by atoms with E-state index >= 15 is 0 Å². The Morgan fingerprint density at radius 1 is 1.56 bits per heavy atom. The van der Waals surface area contributed by atoms with E-state index in [9.17, 15) is 12.6 Å². The molecule has 1 rings (SSSR count). The standard InChI is InChI=1S/C9H16N4O3S2/c1-7(17(2)14)6-12-18(15,16)9-8(13-10)4-3-5-11-9/h3-5,7,12-13H,6,10H2,1-2H3. The first-order chi connectivity index (χ1) is 8.38. The minimum absolute atomic E-state index is 0.0754. The van der Waals surface area contributed by atoms with Gasteiger partial charge in [0, 0.05) is 35.0 Å². The highest BCUT2D eigenvalue weighted by molar-refractivity contribution is 7.89. The molecule has 0 aliphatic heterocycles. The van der Waals surface area contributed by atoms with Crippen LogP contribution >= 0.6 is 0 Å². The van der Waals surface area contributed by atoms with E-state index < -0.39 is 20.8 Å². The van der Waals surface area contributed by atoms with Crippen LogP contribution in [0.3, 0.4) is 0 Å². The Kier molecular flexibility index (Phi) is 5.20.